The van der Waals surface area contributed by atoms with Crippen molar-refractivity contribution >= 4 is 46.1 Å². The second kappa shape index (κ2) is 6.43. The second-order valence-electron chi connectivity index (χ2n) is 3.81. The summed E-state index contributed by atoms with van der Waals surface area (Å²) in [5.41, 5.74) is 0.891. The Morgan fingerprint density at radius 3 is 2.62 bits per heavy atom. The van der Waals surface area contributed by atoms with Crippen LogP contribution in [0.15, 0.2) is 18.2 Å². The molecule has 0 aliphatic rings. The van der Waals surface area contributed by atoms with Crippen LogP contribution >= 0.6 is 35.4 Å². The molecule has 1 aromatic carbocycles. The van der Waals surface area contributed by atoms with Crippen LogP contribution in [0.25, 0.3) is 0 Å². The molecule has 0 aliphatic carbocycles. The molecule has 0 aromatic heterocycles. The number of rotatable bonds is 4. The third-order valence-corrected chi connectivity index (χ3v) is 3.60. The predicted molar refractivity (Wildman–Crippen MR) is 76.8 cm³/mol. The van der Waals surface area contributed by atoms with Crippen LogP contribution in [0.5, 0.6) is 0 Å². The van der Waals surface area contributed by atoms with Crippen LogP contribution in [0.2, 0.25) is 10.0 Å². The van der Waals surface area contributed by atoms with Crippen molar-refractivity contribution in [2.24, 2.45) is 5.92 Å². The van der Waals surface area contributed by atoms with Crippen LogP contribution in [0.4, 0.5) is 5.69 Å². The highest BCUT2D eigenvalue weighted by atomic mass is 35.5. The van der Waals surface area contributed by atoms with Gasteiger partial charge in [-0.05, 0) is 24.6 Å². The van der Waals surface area contributed by atoms with E-state index in [9.17, 15) is 0 Å². The van der Waals surface area contributed by atoms with Gasteiger partial charge in [0.2, 0.25) is 0 Å². The third-order valence-electron chi connectivity index (χ3n) is 2.36. The van der Waals surface area contributed by atoms with E-state index in [0.717, 1.165) is 23.5 Å². The van der Waals surface area contributed by atoms with Crippen molar-refractivity contribution in [2.75, 3.05) is 5.32 Å². The van der Waals surface area contributed by atoms with E-state index in [1.807, 2.05) is 6.07 Å². The van der Waals surface area contributed by atoms with Gasteiger partial charge in [-0.15, -0.1) is 0 Å². The van der Waals surface area contributed by atoms with Crippen LogP contribution < -0.4 is 5.32 Å². The van der Waals surface area contributed by atoms with Crippen molar-refractivity contribution in [3.63, 3.8) is 0 Å². The monoisotopic (exact) mass is 275 g/mol. The number of hydrogen-bond donors (Lipinski definition) is 1. The van der Waals surface area contributed by atoms with Gasteiger partial charge in [-0.1, -0.05) is 55.7 Å². The molecule has 0 fully saturated rings. The number of nitrogens with one attached hydrogen (secondary N) is 1. The first-order valence-electron chi connectivity index (χ1n) is 5.30. The Morgan fingerprint density at radius 2 is 2.06 bits per heavy atom. The normalized spacial score (nSPS) is 12.2. The van der Waals surface area contributed by atoms with Gasteiger partial charge in [0.25, 0.3) is 0 Å². The second-order valence-corrected chi connectivity index (χ2v) is 5.06. The number of anilines is 1. The van der Waals surface area contributed by atoms with Crippen molar-refractivity contribution in [3.05, 3.63) is 28.2 Å². The Labute approximate surface area is 112 Å². The molecular weight excluding hydrogens is 261 g/mol. The molecule has 0 saturated heterocycles. The van der Waals surface area contributed by atoms with E-state index in [0.29, 0.717) is 16.0 Å². The van der Waals surface area contributed by atoms with Gasteiger partial charge in [0.1, 0.15) is 0 Å². The standard InChI is InChI=1S/C12H15Cl2NS/c1-3-4-8(2)12(16)15-9-5-6-10(13)11(14)7-9/h5-8H,3-4H2,1-2H3,(H,15,16). The van der Waals surface area contributed by atoms with Crippen LogP contribution in [0, 0.1) is 5.92 Å². The molecule has 1 unspecified atom stereocenters. The summed E-state index contributed by atoms with van der Waals surface area (Å²) in [4.78, 5) is 0.847. The van der Waals surface area contributed by atoms with Crippen molar-refractivity contribution in [3.8, 4) is 0 Å². The largest absolute Gasteiger partial charge is 0.350 e. The lowest BCUT2D eigenvalue weighted by atomic mass is 10.1. The SMILES string of the molecule is CCCC(C)C(=S)Nc1ccc(Cl)c(Cl)c1. The zero-order valence-electron chi connectivity index (χ0n) is 9.39. The van der Waals surface area contributed by atoms with Crippen molar-refractivity contribution in [1.82, 2.24) is 0 Å². The first kappa shape index (κ1) is 13.8. The van der Waals surface area contributed by atoms with E-state index in [1.54, 1.807) is 12.1 Å². The maximum Gasteiger partial charge on any atom is 0.0825 e. The fourth-order valence-corrected chi connectivity index (χ4v) is 1.94. The fraction of sp³-hybridized carbons (Fsp3) is 0.417. The average Bonchev–Trinajstić information content (AvgIpc) is 2.24. The molecule has 1 N–H and O–H groups in total. The van der Waals surface area contributed by atoms with Gasteiger partial charge < -0.3 is 5.32 Å². The molecule has 1 nitrogen and oxygen atoms in total. The van der Waals surface area contributed by atoms with E-state index in [1.165, 1.54) is 0 Å². The molecule has 1 atom stereocenters. The first-order valence-corrected chi connectivity index (χ1v) is 6.47. The summed E-state index contributed by atoms with van der Waals surface area (Å²) in [6, 6.07) is 5.42. The number of halogens is 2. The minimum absolute atomic E-state index is 0.384. The van der Waals surface area contributed by atoms with Crippen LogP contribution in [0.3, 0.4) is 0 Å². The Balaban J connectivity index is 2.66. The van der Waals surface area contributed by atoms with Crippen LogP contribution in [0.1, 0.15) is 26.7 Å². The molecule has 4 heteroatoms. The zero-order chi connectivity index (χ0) is 12.1. The minimum atomic E-state index is 0.384. The van der Waals surface area contributed by atoms with Crippen LogP contribution in [-0.4, -0.2) is 4.99 Å². The number of hydrogen-bond acceptors (Lipinski definition) is 1. The lowest BCUT2D eigenvalue weighted by Crippen LogP contribution is -2.17. The summed E-state index contributed by atoms with van der Waals surface area (Å²) in [5, 5.41) is 4.28. The van der Waals surface area contributed by atoms with Gasteiger partial charge in [-0.25, -0.2) is 0 Å². The highest BCUT2D eigenvalue weighted by Crippen LogP contribution is 2.25. The van der Waals surface area contributed by atoms with E-state index >= 15 is 0 Å². The molecule has 0 spiro atoms. The summed E-state index contributed by atoms with van der Waals surface area (Å²) >= 11 is 17.1. The van der Waals surface area contributed by atoms with E-state index in [-0.39, 0.29) is 0 Å². The third kappa shape index (κ3) is 3.93. The molecule has 0 radical (unpaired) electrons. The highest BCUT2D eigenvalue weighted by molar-refractivity contribution is 7.80. The Kier molecular flexibility index (Phi) is 5.53. The van der Waals surface area contributed by atoms with Gasteiger partial charge in [0, 0.05) is 11.6 Å². The van der Waals surface area contributed by atoms with E-state index in [4.69, 9.17) is 35.4 Å². The zero-order valence-corrected chi connectivity index (χ0v) is 11.7. The summed E-state index contributed by atoms with van der Waals surface area (Å²) in [6.07, 6.45) is 2.22. The van der Waals surface area contributed by atoms with Gasteiger partial charge in [0.05, 0.1) is 15.0 Å². The van der Waals surface area contributed by atoms with Gasteiger partial charge >= 0.3 is 0 Å². The van der Waals surface area contributed by atoms with Gasteiger partial charge in [-0.2, -0.15) is 0 Å². The van der Waals surface area contributed by atoms with Crippen molar-refractivity contribution < 1.29 is 0 Å². The summed E-state index contributed by atoms with van der Waals surface area (Å²) in [6.45, 7) is 4.27. The summed E-state index contributed by atoms with van der Waals surface area (Å²) in [5.74, 6) is 0.384. The quantitative estimate of drug-likeness (QED) is 0.761. The Hall–Kier alpha value is -0.310. The topological polar surface area (TPSA) is 12.0 Å². The van der Waals surface area contributed by atoms with Crippen LogP contribution in [-0.2, 0) is 0 Å². The Morgan fingerprint density at radius 1 is 1.38 bits per heavy atom. The molecule has 0 heterocycles. The molecule has 0 aliphatic heterocycles. The average molecular weight is 276 g/mol. The smallest absolute Gasteiger partial charge is 0.0825 e. The molecule has 1 rings (SSSR count). The highest BCUT2D eigenvalue weighted by Gasteiger charge is 2.08. The Bertz CT molecular complexity index is 379. The van der Waals surface area contributed by atoms with Crippen molar-refractivity contribution in [1.29, 1.82) is 0 Å². The molecule has 88 valence electrons. The molecule has 0 bridgehead atoms. The van der Waals surface area contributed by atoms with Gasteiger partial charge in [-0.3, -0.25) is 0 Å². The predicted octanol–water partition coefficient (Wildman–Crippen LogP) is 5.17. The maximum atomic E-state index is 5.92. The molecule has 16 heavy (non-hydrogen) atoms. The van der Waals surface area contributed by atoms with E-state index < -0.39 is 0 Å². The molecule has 0 amide bonds. The minimum Gasteiger partial charge on any atom is -0.350 e. The number of benzene rings is 1. The maximum absolute atomic E-state index is 5.92. The van der Waals surface area contributed by atoms with Gasteiger partial charge in [0.15, 0.2) is 0 Å². The fourth-order valence-electron chi connectivity index (χ4n) is 1.40. The molecular formula is C12H15Cl2NS. The lowest BCUT2D eigenvalue weighted by Gasteiger charge is -2.14. The summed E-state index contributed by atoms with van der Waals surface area (Å²) in [7, 11) is 0. The summed E-state index contributed by atoms with van der Waals surface area (Å²) < 4.78 is 0. The lowest BCUT2D eigenvalue weighted by molar-refractivity contribution is 0.672. The number of thiocarbonyl (C=S) groups is 1. The first-order chi connectivity index (χ1) is 7.54. The molecule has 0 saturated carbocycles. The molecule has 1 aromatic rings. The van der Waals surface area contributed by atoms with E-state index in [2.05, 4.69) is 19.2 Å². The van der Waals surface area contributed by atoms with Crippen molar-refractivity contribution in [2.45, 2.75) is 26.7 Å².